The molecule has 2 unspecified atom stereocenters. The van der Waals surface area contributed by atoms with Crippen molar-refractivity contribution in [2.24, 2.45) is 18.9 Å². The molecule has 2 fully saturated rings. The smallest absolute Gasteiger partial charge is 0.131 e. The second-order valence-corrected chi connectivity index (χ2v) is 7.43. The summed E-state index contributed by atoms with van der Waals surface area (Å²) in [7, 11) is 1.92. The molecule has 5 heteroatoms. The minimum Gasteiger partial charge on any atom is -0.311 e. The van der Waals surface area contributed by atoms with Crippen LogP contribution in [0.4, 0.5) is 0 Å². The van der Waals surface area contributed by atoms with Crippen LogP contribution in [-0.2, 0) is 13.6 Å². The van der Waals surface area contributed by atoms with Crippen molar-refractivity contribution < 1.29 is 0 Å². The minimum absolute atomic E-state index is 0.579. The Hall–Kier alpha value is -0.580. The first-order chi connectivity index (χ1) is 9.97. The van der Waals surface area contributed by atoms with Gasteiger partial charge in [0.25, 0.3) is 0 Å². The van der Waals surface area contributed by atoms with Gasteiger partial charge < -0.3 is 5.32 Å². The van der Waals surface area contributed by atoms with E-state index in [2.05, 4.69) is 36.1 Å². The molecular formula is C16H27ClN4. The normalized spacial score (nSPS) is 27.5. The lowest BCUT2D eigenvalue weighted by Crippen LogP contribution is -2.58. The first kappa shape index (κ1) is 15.3. The number of hydrogen-bond donors (Lipinski definition) is 1. The number of halogens is 1. The van der Waals surface area contributed by atoms with E-state index in [0.717, 1.165) is 36.4 Å². The third-order valence-corrected chi connectivity index (χ3v) is 5.55. The van der Waals surface area contributed by atoms with Gasteiger partial charge in [0, 0.05) is 44.3 Å². The topological polar surface area (TPSA) is 33.1 Å². The Morgan fingerprint density at radius 2 is 2.10 bits per heavy atom. The zero-order chi connectivity index (χ0) is 15.1. The minimum atomic E-state index is 0.579. The third-order valence-electron chi connectivity index (χ3n) is 5.08. The van der Waals surface area contributed by atoms with Gasteiger partial charge in [0.2, 0.25) is 0 Å². The maximum atomic E-state index is 6.43. The van der Waals surface area contributed by atoms with E-state index in [4.69, 9.17) is 11.6 Å². The highest BCUT2D eigenvalue weighted by atomic mass is 35.5. The van der Waals surface area contributed by atoms with Gasteiger partial charge in [-0.3, -0.25) is 9.58 Å². The summed E-state index contributed by atoms with van der Waals surface area (Å²) in [6.07, 6.45) is 2.79. The van der Waals surface area contributed by atoms with Crippen LogP contribution in [0.3, 0.4) is 0 Å². The van der Waals surface area contributed by atoms with Crippen LogP contribution in [0, 0.1) is 18.8 Å². The van der Waals surface area contributed by atoms with Gasteiger partial charge in [-0.15, -0.1) is 0 Å². The summed E-state index contributed by atoms with van der Waals surface area (Å²) >= 11 is 6.43. The Balaban J connectivity index is 1.78. The molecular weight excluding hydrogens is 284 g/mol. The van der Waals surface area contributed by atoms with Gasteiger partial charge in [0.05, 0.1) is 5.69 Å². The molecule has 0 spiro atoms. The van der Waals surface area contributed by atoms with Gasteiger partial charge in [-0.05, 0) is 31.6 Å². The number of aryl methyl sites for hydroxylation is 2. The van der Waals surface area contributed by atoms with E-state index in [1.54, 1.807) is 4.68 Å². The van der Waals surface area contributed by atoms with Crippen molar-refractivity contribution >= 4 is 11.6 Å². The van der Waals surface area contributed by atoms with Crippen molar-refractivity contribution in [3.8, 4) is 0 Å². The fourth-order valence-corrected chi connectivity index (χ4v) is 3.80. The van der Waals surface area contributed by atoms with E-state index in [1.807, 2.05) is 7.05 Å². The standard InChI is InChI=1S/C16H27ClN4/c1-10(2)15-7-18-14(12-5-6-12)9-21(15)8-13-11(3)19-20(4)16(13)17/h10,12,14-15,18H,5-9H2,1-4H3. The van der Waals surface area contributed by atoms with Crippen LogP contribution < -0.4 is 5.32 Å². The van der Waals surface area contributed by atoms with Crippen molar-refractivity contribution in [3.05, 3.63) is 16.4 Å². The van der Waals surface area contributed by atoms with Gasteiger partial charge in [-0.2, -0.15) is 5.10 Å². The van der Waals surface area contributed by atoms with Gasteiger partial charge >= 0.3 is 0 Å². The molecule has 1 aromatic rings. The van der Waals surface area contributed by atoms with E-state index in [-0.39, 0.29) is 0 Å². The SMILES string of the molecule is Cc1nn(C)c(Cl)c1CN1CC(C2CC2)NCC1C(C)C. The molecule has 2 atom stereocenters. The molecule has 21 heavy (non-hydrogen) atoms. The summed E-state index contributed by atoms with van der Waals surface area (Å²) < 4.78 is 1.79. The molecule has 1 saturated carbocycles. The number of nitrogens with one attached hydrogen (secondary N) is 1. The highest BCUT2D eigenvalue weighted by Crippen LogP contribution is 2.35. The zero-order valence-corrected chi connectivity index (χ0v) is 14.3. The Morgan fingerprint density at radius 3 is 2.62 bits per heavy atom. The molecule has 3 rings (SSSR count). The average molecular weight is 311 g/mol. The van der Waals surface area contributed by atoms with Gasteiger partial charge in [0.1, 0.15) is 5.15 Å². The van der Waals surface area contributed by atoms with Crippen LogP contribution in [0.25, 0.3) is 0 Å². The van der Waals surface area contributed by atoms with E-state index >= 15 is 0 Å². The van der Waals surface area contributed by atoms with Crippen LogP contribution in [-0.4, -0.2) is 39.9 Å². The van der Waals surface area contributed by atoms with Gasteiger partial charge in [0.15, 0.2) is 0 Å². The lowest BCUT2D eigenvalue weighted by Gasteiger charge is -2.42. The van der Waals surface area contributed by atoms with E-state index in [0.29, 0.717) is 18.0 Å². The van der Waals surface area contributed by atoms with Crippen molar-refractivity contribution in [2.45, 2.75) is 52.2 Å². The third kappa shape index (κ3) is 3.13. The molecule has 2 aliphatic rings. The summed E-state index contributed by atoms with van der Waals surface area (Å²) in [5.41, 5.74) is 2.26. The number of piperazine rings is 1. The Bertz CT molecular complexity index is 507. The molecule has 2 heterocycles. The van der Waals surface area contributed by atoms with Gasteiger partial charge in [-0.1, -0.05) is 25.4 Å². The molecule has 1 aliphatic heterocycles. The van der Waals surface area contributed by atoms with E-state index in [9.17, 15) is 0 Å². The Morgan fingerprint density at radius 1 is 1.38 bits per heavy atom. The molecule has 1 saturated heterocycles. The highest BCUT2D eigenvalue weighted by Gasteiger charge is 2.38. The van der Waals surface area contributed by atoms with Gasteiger partial charge in [-0.25, -0.2) is 0 Å². The second kappa shape index (κ2) is 5.90. The molecule has 1 N–H and O–H groups in total. The summed E-state index contributed by atoms with van der Waals surface area (Å²) in [4.78, 5) is 2.63. The maximum absolute atomic E-state index is 6.43. The first-order valence-electron chi connectivity index (χ1n) is 8.12. The van der Waals surface area contributed by atoms with Crippen molar-refractivity contribution in [1.29, 1.82) is 0 Å². The van der Waals surface area contributed by atoms with E-state index < -0.39 is 0 Å². The first-order valence-corrected chi connectivity index (χ1v) is 8.50. The van der Waals surface area contributed by atoms with Crippen LogP contribution in [0.15, 0.2) is 0 Å². The molecule has 0 bridgehead atoms. The number of nitrogens with zero attached hydrogens (tertiary/aromatic N) is 3. The Kier molecular flexibility index (Phi) is 4.30. The Labute approximate surface area is 132 Å². The van der Waals surface area contributed by atoms with Crippen LogP contribution in [0.5, 0.6) is 0 Å². The van der Waals surface area contributed by atoms with Crippen molar-refractivity contribution in [2.75, 3.05) is 13.1 Å². The lowest BCUT2D eigenvalue weighted by molar-refractivity contribution is 0.0850. The lowest BCUT2D eigenvalue weighted by atomic mass is 9.96. The predicted molar refractivity (Wildman–Crippen MR) is 86.5 cm³/mol. The highest BCUT2D eigenvalue weighted by molar-refractivity contribution is 6.30. The number of hydrogen-bond acceptors (Lipinski definition) is 3. The molecule has 0 aromatic carbocycles. The average Bonchev–Trinajstić information content (AvgIpc) is 3.24. The van der Waals surface area contributed by atoms with Crippen LogP contribution in [0.2, 0.25) is 5.15 Å². The van der Waals surface area contributed by atoms with E-state index in [1.165, 1.54) is 18.4 Å². The number of rotatable bonds is 4. The van der Waals surface area contributed by atoms with Crippen LogP contribution in [0.1, 0.15) is 37.9 Å². The molecule has 1 aliphatic carbocycles. The number of aromatic nitrogens is 2. The van der Waals surface area contributed by atoms with Crippen molar-refractivity contribution in [3.63, 3.8) is 0 Å². The monoisotopic (exact) mass is 310 g/mol. The van der Waals surface area contributed by atoms with Crippen LogP contribution >= 0.6 is 11.6 Å². The molecule has 0 amide bonds. The quantitative estimate of drug-likeness (QED) is 0.928. The fourth-order valence-electron chi connectivity index (χ4n) is 3.56. The van der Waals surface area contributed by atoms with Crippen molar-refractivity contribution in [1.82, 2.24) is 20.0 Å². The fraction of sp³-hybridized carbons (Fsp3) is 0.812. The largest absolute Gasteiger partial charge is 0.311 e. The molecule has 4 nitrogen and oxygen atoms in total. The predicted octanol–water partition coefficient (Wildman–Crippen LogP) is 2.59. The summed E-state index contributed by atoms with van der Waals surface area (Å²) in [6.45, 7) is 9.84. The molecule has 118 valence electrons. The molecule has 1 aromatic heterocycles. The summed E-state index contributed by atoms with van der Waals surface area (Å²) in [5, 5.41) is 9.01. The maximum Gasteiger partial charge on any atom is 0.131 e. The second-order valence-electron chi connectivity index (χ2n) is 7.07. The summed E-state index contributed by atoms with van der Waals surface area (Å²) in [6, 6.07) is 1.24. The zero-order valence-electron chi connectivity index (χ0n) is 13.6. The summed E-state index contributed by atoms with van der Waals surface area (Å²) in [5.74, 6) is 1.54. The molecule has 0 radical (unpaired) electrons.